The summed E-state index contributed by atoms with van der Waals surface area (Å²) in [4.78, 5) is 23.4. The molecule has 0 aliphatic carbocycles. The molecule has 0 atom stereocenters. The van der Waals surface area contributed by atoms with Crippen molar-refractivity contribution in [1.82, 2.24) is 29.5 Å². The maximum atomic E-state index is 11.8. The molecule has 18 heteroatoms. The second-order valence-electron chi connectivity index (χ2n) is 15.4. The molecule has 0 bridgehead atoms. The molecule has 0 N–H and O–H groups in total. The van der Waals surface area contributed by atoms with E-state index in [2.05, 4.69) is 36.4 Å². The molecule has 62 heavy (non-hydrogen) atoms. The van der Waals surface area contributed by atoms with Gasteiger partial charge in [0.2, 0.25) is 0 Å². The molecule has 0 spiro atoms. The van der Waals surface area contributed by atoms with Crippen LogP contribution in [0, 0.1) is 27.7 Å². The van der Waals surface area contributed by atoms with E-state index in [0.717, 1.165) is 66.1 Å². The lowest BCUT2D eigenvalue weighted by atomic mass is 9.77. The Morgan fingerprint density at radius 2 is 1.21 bits per heavy atom. The van der Waals surface area contributed by atoms with Crippen LogP contribution in [0.5, 0.6) is 0 Å². The lowest BCUT2D eigenvalue weighted by Gasteiger charge is -2.32. The number of nitrogens with zero attached hydrogens (tertiary/aromatic N) is 6. The summed E-state index contributed by atoms with van der Waals surface area (Å²) in [6.45, 7) is 19.9. The van der Waals surface area contributed by atoms with Crippen LogP contribution in [-0.4, -0.2) is 73.0 Å². The van der Waals surface area contributed by atoms with Gasteiger partial charge in [-0.3, -0.25) is 0 Å². The SMILES string of the molecule is CCOC(=O)c1coc(-c2ccn3ncc(-c4c(C)noc4C)c3c2)c1.CCOC(=O)c1coc(-c2ccn3ncc(Br)c3c2)c1.Cc1noc(C)c1B1OC(C)(C)C(C)(C)O1. The molecule has 0 aromatic carbocycles. The summed E-state index contributed by atoms with van der Waals surface area (Å²) >= 11 is 3.43. The lowest BCUT2D eigenvalue weighted by Crippen LogP contribution is -2.41. The smallest absolute Gasteiger partial charge is 0.463 e. The van der Waals surface area contributed by atoms with Crippen LogP contribution in [0.3, 0.4) is 0 Å². The number of halogens is 1. The Morgan fingerprint density at radius 1 is 0.710 bits per heavy atom. The van der Waals surface area contributed by atoms with Crippen molar-refractivity contribution in [2.45, 2.75) is 80.4 Å². The van der Waals surface area contributed by atoms with Crippen molar-refractivity contribution in [3.05, 3.63) is 112 Å². The first kappa shape index (κ1) is 43.8. The van der Waals surface area contributed by atoms with Crippen molar-refractivity contribution in [2.24, 2.45) is 0 Å². The molecule has 1 fully saturated rings. The molecule has 8 aromatic rings. The van der Waals surface area contributed by atoms with Crippen molar-refractivity contribution >= 4 is 51.5 Å². The molecule has 16 nitrogen and oxygen atoms in total. The van der Waals surface area contributed by atoms with Gasteiger partial charge >= 0.3 is 19.1 Å². The number of carbonyl (C=O) groups is 2. The molecule has 9 heterocycles. The summed E-state index contributed by atoms with van der Waals surface area (Å²) in [5.74, 6) is 1.92. The Hall–Kier alpha value is -6.24. The maximum Gasteiger partial charge on any atom is 0.500 e. The standard InChI is InChI=1S/C19H17N3O4.C14H11BrN2O3.C11H18BNO3/c1-4-24-19(23)14-8-17(25-10-14)13-5-6-22-16(7-13)15(9-20-22)18-11(2)21-26-12(18)3;1-2-19-14(18)10-6-13(20-8-10)9-3-4-17-12(5-9)11(15)7-16-17;1-7-9(8(2)14-13-7)12-15-10(3,4)11(5,6)16-12/h5-10H,4H2,1-3H3;3-8H,2H2,1H3;1-6H3. The number of ether oxygens (including phenoxy) is 2. The highest BCUT2D eigenvalue weighted by Crippen LogP contribution is 2.37. The molecule has 8 aromatic heterocycles. The summed E-state index contributed by atoms with van der Waals surface area (Å²) < 4.78 is 47.7. The number of furan rings is 2. The molecule has 1 saturated heterocycles. The van der Waals surface area contributed by atoms with Gasteiger partial charge in [-0.25, -0.2) is 18.6 Å². The van der Waals surface area contributed by atoms with Gasteiger partial charge in [-0.05, 0) is 122 Å². The summed E-state index contributed by atoms with van der Waals surface area (Å²) in [6.07, 6.45) is 10.0. The average molecular weight is 910 g/mol. The Morgan fingerprint density at radius 3 is 1.71 bits per heavy atom. The fourth-order valence-electron chi connectivity index (χ4n) is 6.70. The highest BCUT2D eigenvalue weighted by atomic mass is 79.9. The zero-order valence-corrected chi connectivity index (χ0v) is 37.6. The first-order valence-electron chi connectivity index (χ1n) is 19.9. The van der Waals surface area contributed by atoms with E-state index in [1.807, 2.05) is 92.0 Å². The van der Waals surface area contributed by atoms with E-state index in [0.29, 0.717) is 35.9 Å². The van der Waals surface area contributed by atoms with E-state index in [1.54, 1.807) is 47.4 Å². The summed E-state index contributed by atoms with van der Waals surface area (Å²) in [5, 5.41) is 16.5. The number of hydrogen-bond acceptors (Lipinski definition) is 14. The van der Waals surface area contributed by atoms with Gasteiger partial charge < -0.3 is 36.7 Å². The molecule has 322 valence electrons. The topological polar surface area (TPSA) is 184 Å². The highest BCUT2D eigenvalue weighted by Gasteiger charge is 2.53. The van der Waals surface area contributed by atoms with E-state index < -0.39 is 5.97 Å². The van der Waals surface area contributed by atoms with Gasteiger partial charge in [0.25, 0.3) is 0 Å². The minimum Gasteiger partial charge on any atom is -0.463 e. The maximum absolute atomic E-state index is 11.8. The van der Waals surface area contributed by atoms with Gasteiger partial charge in [0.05, 0.1) is 80.4 Å². The number of pyridine rings is 2. The van der Waals surface area contributed by atoms with E-state index in [-0.39, 0.29) is 24.3 Å². The first-order chi connectivity index (χ1) is 29.5. The van der Waals surface area contributed by atoms with Gasteiger partial charge in [0.15, 0.2) is 0 Å². The van der Waals surface area contributed by atoms with E-state index in [4.69, 9.17) is 36.7 Å². The number of esters is 2. The van der Waals surface area contributed by atoms with Gasteiger partial charge in [0.1, 0.15) is 35.6 Å². The summed E-state index contributed by atoms with van der Waals surface area (Å²) in [5.41, 5.74) is 8.10. The van der Waals surface area contributed by atoms with Crippen LogP contribution in [0.1, 0.15) is 85.2 Å². The molecule has 1 aliphatic heterocycles. The second-order valence-corrected chi connectivity index (χ2v) is 16.3. The molecule has 9 rings (SSSR count). The van der Waals surface area contributed by atoms with Crippen LogP contribution in [-0.2, 0) is 18.8 Å². The summed E-state index contributed by atoms with van der Waals surface area (Å²) in [6, 6.07) is 11.0. The molecule has 0 unspecified atom stereocenters. The normalized spacial score (nSPS) is 14.1. The number of rotatable bonds is 8. The zero-order chi connectivity index (χ0) is 44.5. The van der Waals surface area contributed by atoms with Crippen molar-refractivity contribution in [3.8, 4) is 33.8 Å². The fourth-order valence-corrected chi connectivity index (χ4v) is 7.09. The number of fused-ring (bicyclic) bond motifs is 2. The van der Waals surface area contributed by atoms with Gasteiger partial charge in [-0.1, -0.05) is 10.3 Å². The summed E-state index contributed by atoms with van der Waals surface area (Å²) in [7, 11) is -0.378. The largest absolute Gasteiger partial charge is 0.500 e. The molecule has 0 saturated carbocycles. The van der Waals surface area contributed by atoms with E-state index >= 15 is 0 Å². The van der Waals surface area contributed by atoms with Crippen LogP contribution in [0.15, 0.2) is 96.1 Å². The number of carbonyl (C=O) groups excluding carboxylic acids is 2. The third-order valence-electron chi connectivity index (χ3n) is 10.7. The third kappa shape index (κ3) is 8.75. The zero-order valence-electron chi connectivity index (χ0n) is 36.1. The second kappa shape index (κ2) is 17.6. The van der Waals surface area contributed by atoms with Crippen LogP contribution >= 0.6 is 15.9 Å². The Balaban J connectivity index is 0.000000144. The van der Waals surface area contributed by atoms with Crippen molar-refractivity contribution in [3.63, 3.8) is 0 Å². The van der Waals surface area contributed by atoms with Gasteiger partial charge in [0, 0.05) is 34.5 Å². The molecular weight excluding hydrogens is 863 g/mol. The average Bonchev–Trinajstić information content (AvgIpc) is 4.11. The van der Waals surface area contributed by atoms with Gasteiger partial charge in [-0.2, -0.15) is 10.2 Å². The molecule has 1 aliphatic rings. The Bertz CT molecular complexity index is 2820. The van der Waals surface area contributed by atoms with Crippen LogP contribution in [0.4, 0.5) is 0 Å². The fraction of sp³-hybridized carbons (Fsp3) is 0.318. The van der Waals surface area contributed by atoms with Crippen molar-refractivity contribution in [2.75, 3.05) is 13.2 Å². The highest BCUT2D eigenvalue weighted by molar-refractivity contribution is 9.10. The first-order valence-corrected chi connectivity index (χ1v) is 20.6. The van der Waals surface area contributed by atoms with Crippen LogP contribution in [0.2, 0.25) is 0 Å². The Kier molecular flexibility index (Phi) is 12.5. The minimum absolute atomic E-state index is 0.321. The van der Waals surface area contributed by atoms with E-state index in [1.165, 1.54) is 12.5 Å². The van der Waals surface area contributed by atoms with Crippen molar-refractivity contribution in [1.29, 1.82) is 0 Å². The molecule has 0 amide bonds. The monoisotopic (exact) mass is 908 g/mol. The number of aromatic nitrogens is 6. The van der Waals surface area contributed by atoms with Crippen molar-refractivity contribution < 1.29 is 46.3 Å². The predicted octanol–water partition coefficient (Wildman–Crippen LogP) is 9.17. The molecule has 0 radical (unpaired) electrons. The number of aryl methyl sites for hydroxylation is 4. The Labute approximate surface area is 365 Å². The third-order valence-corrected chi connectivity index (χ3v) is 11.3. The van der Waals surface area contributed by atoms with Crippen LogP contribution in [0.25, 0.3) is 44.8 Å². The van der Waals surface area contributed by atoms with Gasteiger partial charge in [-0.15, -0.1) is 0 Å². The molecular formula is C44H46BBrN6O10. The number of hydrogen-bond donors (Lipinski definition) is 0. The van der Waals surface area contributed by atoms with Crippen LogP contribution < -0.4 is 5.46 Å². The lowest BCUT2D eigenvalue weighted by molar-refractivity contribution is 0.00578. The minimum atomic E-state index is -0.399. The quantitative estimate of drug-likeness (QED) is 0.104. The van der Waals surface area contributed by atoms with E-state index in [9.17, 15) is 9.59 Å². The predicted molar refractivity (Wildman–Crippen MR) is 232 cm³/mol.